The maximum Gasteiger partial charge on any atom is 0.161 e. The van der Waals surface area contributed by atoms with Crippen molar-refractivity contribution in [3.8, 4) is 11.5 Å². The third-order valence-corrected chi connectivity index (χ3v) is 5.02. The SMILES string of the molecule is CCOc1cc(CNC[C@H]2CCCO2)ccc1OCc1ccc(Cl)cc1Cl. The zero-order valence-corrected chi connectivity index (χ0v) is 17.0. The molecule has 1 atom stereocenters. The average molecular weight is 410 g/mol. The van der Waals surface area contributed by atoms with E-state index in [1.165, 1.54) is 0 Å². The number of ether oxygens (including phenoxy) is 3. The Morgan fingerprint density at radius 2 is 2.00 bits per heavy atom. The molecule has 0 unspecified atom stereocenters. The summed E-state index contributed by atoms with van der Waals surface area (Å²) in [5.41, 5.74) is 2.03. The van der Waals surface area contributed by atoms with E-state index < -0.39 is 0 Å². The first-order chi connectivity index (χ1) is 13.2. The van der Waals surface area contributed by atoms with E-state index in [4.69, 9.17) is 37.4 Å². The van der Waals surface area contributed by atoms with Crippen molar-refractivity contribution in [2.75, 3.05) is 19.8 Å². The Morgan fingerprint density at radius 3 is 2.74 bits per heavy atom. The van der Waals surface area contributed by atoms with Gasteiger partial charge < -0.3 is 19.5 Å². The summed E-state index contributed by atoms with van der Waals surface area (Å²) >= 11 is 12.2. The van der Waals surface area contributed by atoms with Gasteiger partial charge in [-0.3, -0.25) is 0 Å². The van der Waals surface area contributed by atoms with E-state index in [9.17, 15) is 0 Å². The molecule has 3 rings (SSSR count). The van der Waals surface area contributed by atoms with E-state index >= 15 is 0 Å². The fourth-order valence-electron chi connectivity index (χ4n) is 3.03. The predicted octanol–water partition coefficient (Wildman–Crippen LogP) is 5.24. The molecule has 0 spiro atoms. The molecule has 0 amide bonds. The highest BCUT2D eigenvalue weighted by atomic mass is 35.5. The molecule has 146 valence electrons. The molecule has 0 bridgehead atoms. The standard InChI is InChI=1S/C21H25Cl2NO3/c1-2-25-21-10-15(12-24-13-18-4-3-9-26-18)5-8-20(21)27-14-16-6-7-17(22)11-19(16)23/h5-8,10-11,18,24H,2-4,9,12-14H2,1H3/t18-/m1/s1. The molecular formula is C21H25Cl2NO3. The minimum Gasteiger partial charge on any atom is -0.490 e. The van der Waals surface area contributed by atoms with E-state index in [1.54, 1.807) is 12.1 Å². The van der Waals surface area contributed by atoms with Crippen LogP contribution in [0, 0.1) is 0 Å². The Labute approximate surface area is 170 Å². The van der Waals surface area contributed by atoms with Gasteiger partial charge in [-0.15, -0.1) is 0 Å². The van der Waals surface area contributed by atoms with Gasteiger partial charge >= 0.3 is 0 Å². The third kappa shape index (κ3) is 6.01. The highest BCUT2D eigenvalue weighted by Crippen LogP contribution is 2.30. The summed E-state index contributed by atoms with van der Waals surface area (Å²) in [5, 5.41) is 4.65. The van der Waals surface area contributed by atoms with Crippen LogP contribution in [0.3, 0.4) is 0 Å². The first-order valence-corrected chi connectivity index (χ1v) is 10.1. The molecule has 1 N–H and O–H groups in total. The van der Waals surface area contributed by atoms with Crippen molar-refractivity contribution >= 4 is 23.2 Å². The lowest BCUT2D eigenvalue weighted by molar-refractivity contribution is 0.110. The van der Waals surface area contributed by atoms with Crippen LogP contribution < -0.4 is 14.8 Å². The molecule has 1 fully saturated rings. The Hall–Kier alpha value is -1.46. The van der Waals surface area contributed by atoms with Gasteiger partial charge in [0.2, 0.25) is 0 Å². The van der Waals surface area contributed by atoms with Crippen LogP contribution >= 0.6 is 23.2 Å². The van der Waals surface area contributed by atoms with Crippen LogP contribution in [0.2, 0.25) is 10.0 Å². The minimum atomic E-state index is 0.336. The second-order valence-electron chi connectivity index (χ2n) is 6.50. The molecule has 6 heteroatoms. The van der Waals surface area contributed by atoms with E-state index in [0.717, 1.165) is 49.4 Å². The van der Waals surface area contributed by atoms with Crippen LogP contribution in [0.25, 0.3) is 0 Å². The van der Waals surface area contributed by atoms with Crippen molar-refractivity contribution in [3.05, 3.63) is 57.6 Å². The van der Waals surface area contributed by atoms with Gasteiger partial charge in [0.05, 0.1) is 12.7 Å². The molecule has 1 aliphatic rings. The number of benzene rings is 2. The Balaban J connectivity index is 1.60. The molecule has 0 aliphatic carbocycles. The Kier molecular flexibility index (Phi) is 7.65. The summed E-state index contributed by atoms with van der Waals surface area (Å²) in [4.78, 5) is 0. The second-order valence-corrected chi connectivity index (χ2v) is 7.35. The van der Waals surface area contributed by atoms with Gasteiger partial charge in [-0.1, -0.05) is 35.3 Å². The molecule has 1 saturated heterocycles. The van der Waals surface area contributed by atoms with E-state index in [1.807, 2.05) is 31.2 Å². The van der Waals surface area contributed by atoms with Gasteiger partial charge in [-0.2, -0.15) is 0 Å². The molecule has 27 heavy (non-hydrogen) atoms. The summed E-state index contributed by atoms with van der Waals surface area (Å²) in [6.07, 6.45) is 2.63. The van der Waals surface area contributed by atoms with Crippen molar-refractivity contribution in [3.63, 3.8) is 0 Å². The van der Waals surface area contributed by atoms with Crippen molar-refractivity contribution < 1.29 is 14.2 Å². The lowest BCUT2D eigenvalue weighted by Gasteiger charge is -2.15. The van der Waals surface area contributed by atoms with Crippen LogP contribution in [0.15, 0.2) is 36.4 Å². The van der Waals surface area contributed by atoms with Gasteiger partial charge in [0.15, 0.2) is 11.5 Å². The lowest BCUT2D eigenvalue weighted by atomic mass is 10.2. The van der Waals surface area contributed by atoms with Crippen LogP contribution in [-0.4, -0.2) is 25.9 Å². The van der Waals surface area contributed by atoms with Crippen LogP contribution in [0.5, 0.6) is 11.5 Å². The van der Waals surface area contributed by atoms with Gasteiger partial charge in [0, 0.05) is 35.3 Å². The van der Waals surface area contributed by atoms with E-state index in [0.29, 0.717) is 35.1 Å². The maximum absolute atomic E-state index is 6.22. The molecule has 1 heterocycles. The van der Waals surface area contributed by atoms with Crippen molar-refractivity contribution in [1.82, 2.24) is 5.32 Å². The molecule has 2 aromatic rings. The Morgan fingerprint density at radius 1 is 1.11 bits per heavy atom. The van der Waals surface area contributed by atoms with Crippen molar-refractivity contribution in [2.24, 2.45) is 0 Å². The molecule has 2 aromatic carbocycles. The Bertz CT molecular complexity index is 748. The number of halogens is 2. The van der Waals surface area contributed by atoms with Gasteiger partial charge in [0.25, 0.3) is 0 Å². The topological polar surface area (TPSA) is 39.7 Å². The van der Waals surface area contributed by atoms with Crippen molar-refractivity contribution in [1.29, 1.82) is 0 Å². The monoisotopic (exact) mass is 409 g/mol. The molecule has 0 saturated carbocycles. The largest absolute Gasteiger partial charge is 0.490 e. The molecule has 1 aliphatic heterocycles. The molecule has 0 aromatic heterocycles. The molecule has 0 radical (unpaired) electrons. The summed E-state index contributed by atoms with van der Waals surface area (Å²) in [7, 11) is 0. The first kappa shape index (κ1) is 20.3. The molecular weight excluding hydrogens is 385 g/mol. The van der Waals surface area contributed by atoms with E-state index in [-0.39, 0.29) is 0 Å². The highest BCUT2D eigenvalue weighted by Gasteiger charge is 2.15. The average Bonchev–Trinajstić information content (AvgIpc) is 3.16. The third-order valence-electron chi connectivity index (χ3n) is 4.43. The normalized spacial score (nSPS) is 16.5. The minimum absolute atomic E-state index is 0.336. The number of hydrogen-bond acceptors (Lipinski definition) is 4. The highest BCUT2D eigenvalue weighted by molar-refractivity contribution is 6.35. The summed E-state index contributed by atoms with van der Waals surface area (Å²) in [6.45, 7) is 5.41. The van der Waals surface area contributed by atoms with Crippen LogP contribution in [-0.2, 0) is 17.9 Å². The lowest BCUT2D eigenvalue weighted by Crippen LogP contribution is -2.25. The second kappa shape index (κ2) is 10.2. The van der Waals surface area contributed by atoms with Gasteiger partial charge in [-0.25, -0.2) is 0 Å². The van der Waals surface area contributed by atoms with Gasteiger partial charge in [-0.05, 0) is 49.6 Å². The zero-order valence-electron chi connectivity index (χ0n) is 15.5. The first-order valence-electron chi connectivity index (χ1n) is 9.30. The van der Waals surface area contributed by atoms with E-state index in [2.05, 4.69) is 5.32 Å². The summed E-state index contributed by atoms with van der Waals surface area (Å²) < 4.78 is 17.3. The summed E-state index contributed by atoms with van der Waals surface area (Å²) in [5.74, 6) is 1.43. The van der Waals surface area contributed by atoms with Gasteiger partial charge in [0.1, 0.15) is 6.61 Å². The molecule has 4 nitrogen and oxygen atoms in total. The van der Waals surface area contributed by atoms with Crippen molar-refractivity contribution in [2.45, 2.75) is 39.0 Å². The maximum atomic E-state index is 6.22. The zero-order chi connectivity index (χ0) is 19.1. The fraction of sp³-hybridized carbons (Fsp3) is 0.429. The number of hydrogen-bond donors (Lipinski definition) is 1. The predicted molar refractivity (Wildman–Crippen MR) is 109 cm³/mol. The number of nitrogens with one attached hydrogen (secondary N) is 1. The summed E-state index contributed by atoms with van der Waals surface area (Å²) in [6, 6.07) is 11.4. The van der Waals surface area contributed by atoms with Crippen LogP contribution in [0.4, 0.5) is 0 Å². The number of rotatable bonds is 9. The quantitative estimate of drug-likeness (QED) is 0.614. The smallest absolute Gasteiger partial charge is 0.161 e. The van der Waals surface area contributed by atoms with Crippen LogP contribution in [0.1, 0.15) is 30.9 Å². The fourth-order valence-corrected chi connectivity index (χ4v) is 3.49.